The zero-order chi connectivity index (χ0) is 12.3. The molecule has 0 saturated heterocycles. The highest BCUT2D eigenvalue weighted by atomic mass is 35.5. The highest BCUT2D eigenvalue weighted by Crippen LogP contribution is 2.30. The average Bonchev–Trinajstić information content (AvgIpc) is 2.29. The van der Waals surface area contributed by atoms with Crippen molar-refractivity contribution in [3.8, 4) is 11.6 Å². The summed E-state index contributed by atoms with van der Waals surface area (Å²) in [5, 5.41) is 11.0. The molecule has 0 N–H and O–H groups in total. The van der Waals surface area contributed by atoms with Gasteiger partial charge in [0.2, 0.25) is 11.6 Å². The van der Waals surface area contributed by atoms with Gasteiger partial charge in [-0.3, -0.25) is 10.1 Å². The zero-order valence-corrected chi connectivity index (χ0v) is 9.29. The molecule has 86 valence electrons. The van der Waals surface area contributed by atoms with Crippen molar-refractivity contribution in [1.82, 2.24) is 4.98 Å². The zero-order valence-electron chi connectivity index (χ0n) is 8.54. The summed E-state index contributed by atoms with van der Waals surface area (Å²) in [6, 6.07) is 10.9. The molecule has 6 heteroatoms. The van der Waals surface area contributed by atoms with E-state index in [2.05, 4.69) is 4.98 Å². The van der Waals surface area contributed by atoms with Gasteiger partial charge in [0.1, 0.15) is 5.15 Å². The van der Waals surface area contributed by atoms with Gasteiger partial charge >= 0.3 is 5.69 Å². The number of nitro benzene ring substituents is 1. The molecule has 17 heavy (non-hydrogen) atoms. The standard InChI is InChI=1S/C11H7ClN2O3/c12-10-6-3-7-11(13-10)17-9-5-2-1-4-8(9)14(15)16/h1-7H. The van der Waals surface area contributed by atoms with E-state index in [9.17, 15) is 10.1 Å². The minimum atomic E-state index is -0.514. The van der Waals surface area contributed by atoms with Gasteiger partial charge in [0, 0.05) is 12.1 Å². The SMILES string of the molecule is O=[N+]([O-])c1ccccc1Oc1cccc(Cl)n1. The lowest BCUT2D eigenvalue weighted by molar-refractivity contribution is -0.385. The number of rotatable bonds is 3. The molecule has 0 aliphatic rings. The number of aromatic nitrogens is 1. The molecule has 0 atom stereocenters. The number of benzene rings is 1. The summed E-state index contributed by atoms with van der Waals surface area (Å²) in [4.78, 5) is 14.1. The maximum atomic E-state index is 10.8. The maximum absolute atomic E-state index is 10.8. The van der Waals surface area contributed by atoms with Crippen LogP contribution in [-0.2, 0) is 0 Å². The fourth-order valence-electron chi connectivity index (χ4n) is 1.25. The molecule has 0 saturated carbocycles. The third-order valence-corrected chi connectivity index (χ3v) is 2.18. The van der Waals surface area contributed by atoms with Crippen molar-refractivity contribution in [2.24, 2.45) is 0 Å². The van der Waals surface area contributed by atoms with E-state index in [0.717, 1.165) is 0 Å². The molecular weight excluding hydrogens is 244 g/mol. The summed E-state index contributed by atoms with van der Waals surface area (Å²) in [6.45, 7) is 0. The summed E-state index contributed by atoms with van der Waals surface area (Å²) < 4.78 is 5.31. The molecule has 0 aliphatic carbocycles. The Balaban J connectivity index is 2.33. The molecule has 0 aliphatic heterocycles. The normalized spacial score (nSPS) is 9.94. The molecule has 0 radical (unpaired) electrons. The second kappa shape index (κ2) is 4.80. The van der Waals surface area contributed by atoms with Crippen molar-refractivity contribution in [2.75, 3.05) is 0 Å². The lowest BCUT2D eigenvalue weighted by atomic mass is 10.3. The fourth-order valence-corrected chi connectivity index (χ4v) is 1.41. The first-order valence-electron chi connectivity index (χ1n) is 4.70. The molecule has 2 aromatic rings. The Morgan fingerprint density at radius 3 is 2.65 bits per heavy atom. The first-order valence-corrected chi connectivity index (χ1v) is 5.08. The van der Waals surface area contributed by atoms with Crippen LogP contribution < -0.4 is 4.74 Å². The van der Waals surface area contributed by atoms with E-state index in [-0.39, 0.29) is 22.5 Å². The van der Waals surface area contributed by atoms with Crippen LogP contribution in [0, 0.1) is 10.1 Å². The fraction of sp³-hybridized carbons (Fsp3) is 0. The van der Waals surface area contributed by atoms with Gasteiger partial charge < -0.3 is 4.74 Å². The van der Waals surface area contributed by atoms with Crippen LogP contribution in [-0.4, -0.2) is 9.91 Å². The van der Waals surface area contributed by atoms with Crippen LogP contribution in [0.3, 0.4) is 0 Å². The van der Waals surface area contributed by atoms with Gasteiger partial charge in [-0.25, -0.2) is 4.98 Å². The quantitative estimate of drug-likeness (QED) is 0.475. The van der Waals surface area contributed by atoms with Crippen LogP contribution in [0.2, 0.25) is 5.15 Å². The van der Waals surface area contributed by atoms with Crippen LogP contribution in [0.4, 0.5) is 5.69 Å². The van der Waals surface area contributed by atoms with Crippen LogP contribution in [0.25, 0.3) is 0 Å². The number of halogens is 1. The van der Waals surface area contributed by atoms with Gasteiger partial charge in [-0.15, -0.1) is 0 Å². The topological polar surface area (TPSA) is 65.3 Å². The number of para-hydroxylation sites is 2. The Bertz CT molecular complexity index is 560. The second-order valence-corrected chi connectivity index (χ2v) is 3.51. The van der Waals surface area contributed by atoms with Gasteiger partial charge in [-0.1, -0.05) is 29.8 Å². The smallest absolute Gasteiger partial charge is 0.311 e. The number of hydrogen-bond acceptors (Lipinski definition) is 4. The van der Waals surface area contributed by atoms with Gasteiger partial charge in [-0.2, -0.15) is 0 Å². The van der Waals surface area contributed by atoms with Gasteiger partial charge in [0.15, 0.2) is 0 Å². The number of nitrogens with zero attached hydrogens (tertiary/aromatic N) is 2. The summed E-state index contributed by atoms with van der Waals surface area (Å²) in [5.74, 6) is 0.346. The molecule has 0 unspecified atom stereocenters. The molecule has 0 amide bonds. The van der Waals surface area contributed by atoms with E-state index in [1.54, 1.807) is 30.3 Å². The van der Waals surface area contributed by atoms with E-state index in [4.69, 9.17) is 16.3 Å². The lowest BCUT2D eigenvalue weighted by Gasteiger charge is -2.04. The summed E-state index contributed by atoms with van der Waals surface area (Å²) in [7, 11) is 0. The monoisotopic (exact) mass is 250 g/mol. The van der Waals surface area contributed by atoms with Crippen molar-refractivity contribution in [2.45, 2.75) is 0 Å². The first kappa shape index (κ1) is 11.3. The first-order chi connectivity index (χ1) is 8.16. The average molecular weight is 251 g/mol. The third kappa shape index (κ3) is 2.70. The second-order valence-electron chi connectivity index (χ2n) is 3.13. The predicted octanol–water partition coefficient (Wildman–Crippen LogP) is 3.44. The molecule has 5 nitrogen and oxygen atoms in total. The molecule has 0 spiro atoms. The Morgan fingerprint density at radius 1 is 1.18 bits per heavy atom. The Hall–Kier alpha value is -2.14. The van der Waals surface area contributed by atoms with Gasteiger partial charge in [0.05, 0.1) is 4.92 Å². The third-order valence-electron chi connectivity index (χ3n) is 1.97. The van der Waals surface area contributed by atoms with Crippen molar-refractivity contribution in [3.05, 3.63) is 57.7 Å². The minimum Gasteiger partial charge on any atom is -0.432 e. The van der Waals surface area contributed by atoms with Gasteiger partial charge in [0.25, 0.3) is 0 Å². The van der Waals surface area contributed by atoms with Crippen molar-refractivity contribution in [1.29, 1.82) is 0 Å². The Morgan fingerprint density at radius 2 is 1.94 bits per heavy atom. The molecule has 2 rings (SSSR count). The number of nitro groups is 1. The Labute approximate surface area is 102 Å². The van der Waals surface area contributed by atoms with E-state index >= 15 is 0 Å². The Kier molecular flexibility index (Phi) is 3.20. The maximum Gasteiger partial charge on any atom is 0.311 e. The molecular formula is C11H7ClN2O3. The van der Waals surface area contributed by atoms with Crippen molar-refractivity contribution < 1.29 is 9.66 Å². The highest BCUT2D eigenvalue weighted by molar-refractivity contribution is 6.29. The van der Waals surface area contributed by atoms with Crippen LogP contribution >= 0.6 is 11.6 Å². The number of hydrogen-bond donors (Lipinski definition) is 0. The summed E-state index contributed by atoms with van der Waals surface area (Å²) in [5.41, 5.74) is -0.116. The van der Waals surface area contributed by atoms with Crippen LogP contribution in [0.1, 0.15) is 0 Å². The summed E-state index contributed by atoms with van der Waals surface area (Å²) >= 11 is 5.69. The van der Waals surface area contributed by atoms with Crippen LogP contribution in [0.5, 0.6) is 11.6 Å². The van der Waals surface area contributed by atoms with Crippen LogP contribution in [0.15, 0.2) is 42.5 Å². The largest absolute Gasteiger partial charge is 0.432 e. The van der Waals surface area contributed by atoms with E-state index in [1.807, 2.05) is 0 Å². The number of ether oxygens (including phenoxy) is 1. The molecule has 1 heterocycles. The van der Waals surface area contributed by atoms with E-state index in [0.29, 0.717) is 0 Å². The van der Waals surface area contributed by atoms with Crippen molar-refractivity contribution in [3.63, 3.8) is 0 Å². The lowest BCUT2D eigenvalue weighted by Crippen LogP contribution is -1.94. The van der Waals surface area contributed by atoms with Gasteiger partial charge in [-0.05, 0) is 12.1 Å². The van der Waals surface area contributed by atoms with E-state index in [1.165, 1.54) is 12.1 Å². The highest BCUT2D eigenvalue weighted by Gasteiger charge is 2.14. The predicted molar refractivity (Wildman–Crippen MR) is 62.4 cm³/mol. The number of pyridine rings is 1. The summed E-state index contributed by atoms with van der Waals surface area (Å²) in [6.07, 6.45) is 0. The molecule has 1 aromatic heterocycles. The molecule has 1 aromatic carbocycles. The van der Waals surface area contributed by atoms with E-state index < -0.39 is 4.92 Å². The van der Waals surface area contributed by atoms with Crippen molar-refractivity contribution >= 4 is 17.3 Å². The molecule has 0 bridgehead atoms. The minimum absolute atomic E-state index is 0.116. The molecule has 0 fully saturated rings.